The maximum Gasteiger partial charge on any atom is 0.227 e. The van der Waals surface area contributed by atoms with Crippen LogP contribution in [0, 0.1) is 0 Å². The fourth-order valence-electron chi connectivity index (χ4n) is 2.25. The monoisotopic (exact) mass is 341 g/mol. The summed E-state index contributed by atoms with van der Waals surface area (Å²) < 4.78 is 5.19. The molecule has 3 aromatic rings. The van der Waals surface area contributed by atoms with E-state index in [2.05, 4.69) is 15.5 Å². The maximum atomic E-state index is 12.0. The largest absolute Gasteiger partial charge is 0.339 e. The van der Waals surface area contributed by atoms with Gasteiger partial charge >= 0.3 is 0 Å². The molecular weight excluding hydrogens is 326 g/mol. The number of aromatic nitrogens is 2. The lowest BCUT2D eigenvalue weighted by molar-refractivity contribution is -0.116. The minimum absolute atomic E-state index is 0.125. The maximum absolute atomic E-state index is 12.0. The van der Waals surface area contributed by atoms with E-state index in [1.54, 1.807) is 24.3 Å². The van der Waals surface area contributed by atoms with Crippen molar-refractivity contribution in [1.29, 1.82) is 0 Å². The normalized spacial score (nSPS) is 10.5. The van der Waals surface area contributed by atoms with Gasteiger partial charge in [0.05, 0.1) is 0 Å². The van der Waals surface area contributed by atoms with Gasteiger partial charge in [0.15, 0.2) is 5.82 Å². The highest BCUT2D eigenvalue weighted by Crippen LogP contribution is 2.15. The Kier molecular flexibility index (Phi) is 5.23. The molecule has 0 aliphatic rings. The quantitative estimate of drug-likeness (QED) is 0.738. The average molecular weight is 342 g/mol. The van der Waals surface area contributed by atoms with Gasteiger partial charge in [-0.1, -0.05) is 53.2 Å². The number of amides is 1. The van der Waals surface area contributed by atoms with Gasteiger partial charge in [-0.3, -0.25) is 4.79 Å². The minimum atomic E-state index is -0.125. The van der Waals surface area contributed by atoms with Gasteiger partial charge in [0.1, 0.15) is 0 Å². The van der Waals surface area contributed by atoms with E-state index in [0.29, 0.717) is 35.3 Å². The molecule has 0 saturated carbocycles. The van der Waals surface area contributed by atoms with Gasteiger partial charge in [0.25, 0.3) is 0 Å². The molecule has 0 saturated heterocycles. The number of benzene rings is 2. The molecule has 0 aliphatic carbocycles. The zero-order chi connectivity index (χ0) is 16.8. The van der Waals surface area contributed by atoms with Crippen LogP contribution in [0.3, 0.4) is 0 Å². The number of anilines is 1. The Labute approximate surface area is 144 Å². The number of aryl methyl sites for hydroxylation is 1. The van der Waals surface area contributed by atoms with Crippen molar-refractivity contribution >= 4 is 23.2 Å². The summed E-state index contributed by atoms with van der Waals surface area (Å²) in [5.41, 5.74) is 1.78. The molecule has 1 amide bonds. The second-order valence-electron chi connectivity index (χ2n) is 5.33. The molecule has 24 heavy (non-hydrogen) atoms. The third-order valence-electron chi connectivity index (χ3n) is 3.39. The van der Waals surface area contributed by atoms with Crippen molar-refractivity contribution in [2.24, 2.45) is 0 Å². The molecule has 1 N–H and O–H groups in total. The summed E-state index contributed by atoms with van der Waals surface area (Å²) in [6, 6.07) is 16.9. The van der Waals surface area contributed by atoms with Crippen molar-refractivity contribution in [3.8, 4) is 0 Å². The molecule has 1 heterocycles. The molecule has 6 heteroatoms. The molecule has 0 atom stereocenters. The van der Waals surface area contributed by atoms with Crippen molar-refractivity contribution in [2.75, 3.05) is 5.32 Å². The Bertz CT molecular complexity index is 818. The number of hydrogen-bond acceptors (Lipinski definition) is 4. The molecule has 1 aromatic heterocycles. The van der Waals surface area contributed by atoms with E-state index in [9.17, 15) is 4.79 Å². The number of carbonyl (C=O) groups excluding carboxylic acids is 1. The van der Waals surface area contributed by atoms with E-state index < -0.39 is 0 Å². The van der Waals surface area contributed by atoms with Crippen LogP contribution in [0.5, 0.6) is 0 Å². The zero-order valence-electron chi connectivity index (χ0n) is 12.9. The van der Waals surface area contributed by atoms with Crippen LogP contribution in [0.4, 0.5) is 5.69 Å². The summed E-state index contributed by atoms with van der Waals surface area (Å²) in [4.78, 5) is 16.3. The molecule has 3 rings (SSSR count). The minimum Gasteiger partial charge on any atom is -0.339 e. The summed E-state index contributed by atoms with van der Waals surface area (Å²) in [6.07, 6.45) is 1.27. The van der Waals surface area contributed by atoms with Crippen LogP contribution < -0.4 is 5.32 Å². The van der Waals surface area contributed by atoms with E-state index in [-0.39, 0.29) is 12.3 Å². The number of nitrogens with one attached hydrogen (secondary N) is 1. The summed E-state index contributed by atoms with van der Waals surface area (Å²) in [7, 11) is 0. The van der Waals surface area contributed by atoms with E-state index in [0.717, 1.165) is 5.56 Å². The lowest BCUT2D eigenvalue weighted by Crippen LogP contribution is -2.12. The molecule has 0 bridgehead atoms. The Hall–Kier alpha value is -2.66. The Morgan fingerprint density at radius 1 is 1.12 bits per heavy atom. The van der Waals surface area contributed by atoms with Crippen LogP contribution in [-0.4, -0.2) is 16.0 Å². The second kappa shape index (κ2) is 7.75. The van der Waals surface area contributed by atoms with Gasteiger partial charge in [-0.05, 0) is 23.8 Å². The predicted molar refractivity (Wildman–Crippen MR) is 91.9 cm³/mol. The van der Waals surface area contributed by atoms with Gasteiger partial charge in [-0.25, -0.2) is 0 Å². The molecule has 5 nitrogen and oxygen atoms in total. The first-order valence-corrected chi connectivity index (χ1v) is 7.97. The number of nitrogens with zero attached hydrogens (tertiary/aromatic N) is 2. The number of carbonyl (C=O) groups is 1. The van der Waals surface area contributed by atoms with Crippen LogP contribution in [0.15, 0.2) is 59.1 Å². The first kappa shape index (κ1) is 16.2. The molecule has 0 radical (unpaired) electrons. The first-order chi connectivity index (χ1) is 11.7. The summed E-state index contributed by atoms with van der Waals surface area (Å²) in [6.45, 7) is 0. The van der Waals surface area contributed by atoms with Crippen LogP contribution in [0.2, 0.25) is 5.02 Å². The average Bonchev–Trinajstić information content (AvgIpc) is 3.01. The van der Waals surface area contributed by atoms with Gasteiger partial charge in [-0.15, -0.1) is 0 Å². The molecular formula is C18H16ClN3O2. The highest BCUT2D eigenvalue weighted by atomic mass is 35.5. The van der Waals surface area contributed by atoms with Crippen molar-refractivity contribution in [3.05, 3.63) is 76.9 Å². The molecule has 0 unspecified atom stereocenters. The van der Waals surface area contributed by atoms with E-state index in [4.69, 9.17) is 16.1 Å². The van der Waals surface area contributed by atoms with Gasteiger partial charge in [-0.2, -0.15) is 4.98 Å². The zero-order valence-corrected chi connectivity index (χ0v) is 13.7. The molecule has 0 aliphatic heterocycles. The number of rotatable bonds is 6. The number of hydrogen-bond donors (Lipinski definition) is 1. The topological polar surface area (TPSA) is 68.0 Å². The molecule has 0 spiro atoms. The Balaban J connectivity index is 1.51. The van der Waals surface area contributed by atoms with Gasteiger partial charge in [0.2, 0.25) is 11.8 Å². The lowest BCUT2D eigenvalue weighted by Gasteiger charge is -2.04. The van der Waals surface area contributed by atoms with E-state index >= 15 is 0 Å². The fraction of sp³-hybridized carbons (Fsp3) is 0.167. The van der Waals surface area contributed by atoms with Crippen molar-refractivity contribution in [1.82, 2.24) is 10.1 Å². The summed E-state index contributed by atoms with van der Waals surface area (Å²) in [5, 5.41) is 7.32. The SMILES string of the molecule is O=C(CCc1nc(Cc2ccccc2)no1)Nc1cccc(Cl)c1. The van der Waals surface area contributed by atoms with Crippen LogP contribution >= 0.6 is 11.6 Å². The summed E-state index contributed by atoms with van der Waals surface area (Å²) >= 11 is 5.89. The predicted octanol–water partition coefficient (Wildman–Crippen LogP) is 3.89. The van der Waals surface area contributed by atoms with Crippen molar-refractivity contribution in [2.45, 2.75) is 19.3 Å². The van der Waals surface area contributed by atoms with Crippen LogP contribution in [0.25, 0.3) is 0 Å². The Morgan fingerprint density at radius 3 is 2.75 bits per heavy atom. The second-order valence-corrected chi connectivity index (χ2v) is 5.76. The highest BCUT2D eigenvalue weighted by molar-refractivity contribution is 6.30. The van der Waals surface area contributed by atoms with Gasteiger partial charge in [0, 0.05) is 30.0 Å². The molecule has 122 valence electrons. The third kappa shape index (κ3) is 4.67. The van der Waals surface area contributed by atoms with E-state index in [1.807, 2.05) is 30.3 Å². The smallest absolute Gasteiger partial charge is 0.227 e. The van der Waals surface area contributed by atoms with Crippen molar-refractivity contribution in [3.63, 3.8) is 0 Å². The number of halogens is 1. The fourth-order valence-corrected chi connectivity index (χ4v) is 2.44. The highest BCUT2D eigenvalue weighted by Gasteiger charge is 2.10. The summed E-state index contributed by atoms with van der Waals surface area (Å²) in [5.74, 6) is 0.953. The first-order valence-electron chi connectivity index (χ1n) is 7.60. The Morgan fingerprint density at radius 2 is 1.96 bits per heavy atom. The lowest BCUT2D eigenvalue weighted by atomic mass is 10.1. The molecule has 0 fully saturated rings. The van der Waals surface area contributed by atoms with Crippen LogP contribution in [-0.2, 0) is 17.6 Å². The third-order valence-corrected chi connectivity index (χ3v) is 3.62. The molecule has 2 aromatic carbocycles. The van der Waals surface area contributed by atoms with Gasteiger partial charge < -0.3 is 9.84 Å². The standard InChI is InChI=1S/C18H16ClN3O2/c19-14-7-4-8-15(12-14)20-17(23)9-10-18-21-16(22-24-18)11-13-5-2-1-3-6-13/h1-8,12H,9-11H2,(H,20,23). The van der Waals surface area contributed by atoms with E-state index in [1.165, 1.54) is 0 Å². The van der Waals surface area contributed by atoms with Crippen LogP contribution in [0.1, 0.15) is 23.7 Å². The van der Waals surface area contributed by atoms with Crippen molar-refractivity contribution < 1.29 is 9.32 Å².